The summed E-state index contributed by atoms with van der Waals surface area (Å²) in [5, 5.41) is 11.6. The van der Waals surface area contributed by atoms with Crippen LogP contribution in [0.25, 0.3) is 22.5 Å². The standard InChI is InChI=1S/C38H40F3N3O5/c1-3-4-5-6-7-20-49-33-18-14-27(15-19-33)31-23-42-35(43-24-31)29-10-8-26(9-11-29)21-30(36(46)44-25(2)37(47)48)22-34(45)28-12-16-32(17-13-28)38(39,40)41/h8-19,23-25,30H,3-7,20-22H2,1-2H3,(H,44,46)(H,47,48)/t25-,30-/m1/s1. The van der Waals surface area contributed by atoms with Crippen LogP contribution >= 0.6 is 0 Å². The number of aromatic nitrogens is 2. The molecule has 2 N–H and O–H groups in total. The van der Waals surface area contributed by atoms with Gasteiger partial charge in [-0.05, 0) is 55.2 Å². The smallest absolute Gasteiger partial charge is 0.416 e. The van der Waals surface area contributed by atoms with Crippen molar-refractivity contribution in [2.75, 3.05) is 6.61 Å². The Morgan fingerprint density at radius 1 is 0.816 bits per heavy atom. The predicted octanol–water partition coefficient (Wildman–Crippen LogP) is 8.20. The van der Waals surface area contributed by atoms with Crippen molar-refractivity contribution in [3.05, 3.63) is 102 Å². The lowest BCUT2D eigenvalue weighted by molar-refractivity contribution is -0.141. The Morgan fingerprint density at radius 3 is 2.02 bits per heavy atom. The molecule has 0 saturated carbocycles. The maximum absolute atomic E-state index is 13.1. The van der Waals surface area contributed by atoms with Crippen LogP contribution in [0.1, 0.15) is 73.9 Å². The first-order valence-electron chi connectivity index (χ1n) is 16.3. The molecule has 0 radical (unpaired) electrons. The van der Waals surface area contributed by atoms with E-state index < -0.39 is 41.4 Å². The molecule has 49 heavy (non-hydrogen) atoms. The number of carbonyl (C=O) groups is 3. The van der Waals surface area contributed by atoms with Gasteiger partial charge in [-0.2, -0.15) is 13.2 Å². The summed E-state index contributed by atoms with van der Waals surface area (Å²) in [7, 11) is 0. The number of alkyl halides is 3. The molecule has 4 rings (SSSR count). The van der Waals surface area contributed by atoms with Gasteiger partial charge in [0.05, 0.1) is 12.2 Å². The minimum Gasteiger partial charge on any atom is -0.494 e. The monoisotopic (exact) mass is 675 g/mol. The Morgan fingerprint density at radius 2 is 1.43 bits per heavy atom. The summed E-state index contributed by atoms with van der Waals surface area (Å²) < 4.78 is 44.8. The van der Waals surface area contributed by atoms with Crippen molar-refractivity contribution in [2.45, 2.75) is 71.0 Å². The van der Waals surface area contributed by atoms with Gasteiger partial charge >= 0.3 is 12.1 Å². The van der Waals surface area contributed by atoms with Crippen molar-refractivity contribution in [1.29, 1.82) is 0 Å². The number of carboxylic acid groups (broad SMARTS) is 1. The number of halogens is 3. The number of ether oxygens (including phenoxy) is 1. The number of rotatable bonds is 17. The first-order valence-corrected chi connectivity index (χ1v) is 16.3. The Labute approximate surface area is 283 Å². The van der Waals surface area contributed by atoms with Gasteiger partial charge in [-0.25, -0.2) is 9.97 Å². The van der Waals surface area contributed by atoms with Gasteiger partial charge < -0.3 is 15.2 Å². The average molecular weight is 676 g/mol. The number of nitrogens with zero attached hydrogens (tertiary/aromatic N) is 2. The lowest BCUT2D eigenvalue weighted by Crippen LogP contribution is -2.42. The molecule has 0 bridgehead atoms. The van der Waals surface area contributed by atoms with Crippen LogP contribution in [0.4, 0.5) is 13.2 Å². The highest BCUT2D eigenvalue weighted by molar-refractivity contribution is 5.99. The van der Waals surface area contributed by atoms with Crippen molar-refractivity contribution in [3.8, 4) is 28.3 Å². The normalized spacial score (nSPS) is 12.6. The molecule has 11 heteroatoms. The summed E-state index contributed by atoms with van der Waals surface area (Å²) in [6, 6.07) is 17.4. The topological polar surface area (TPSA) is 118 Å². The van der Waals surface area contributed by atoms with Crippen molar-refractivity contribution in [2.24, 2.45) is 5.92 Å². The van der Waals surface area contributed by atoms with Crippen LogP contribution < -0.4 is 10.1 Å². The largest absolute Gasteiger partial charge is 0.494 e. The van der Waals surface area contributed by atoms with Gasteiger partial charge in [-0.1, -0.05) is 81.1 Å². The number of nitrogens with one attached hydrogen (secondary N) is 1. The quantitative estimate of drug-likeness (QED) is 0.0856. The predicted molar refractivity (Wildman–Crippen MR) is 180 cm³/mol. The highest BCUT2D eigenvalue weighted by Gasteiger charge is 2.31. The highest BCUT2D eigenvalue weighted by Crippen LogP contribution is 2.30. The zero-order chi connectivity index (χ0) is 35.4. The summed E-state index contributed by atoms with van der Waals surface area (Å²) in [6.45, 7) is 4.19. The van der Waals surface area contributed by atoms with Crippen molar-refractivity contribution in [3.63, 3.8) is 0 Å². The first-order chi connectivity index (χ1) is 23.4. The maximum atomic E-state index is 13.1. The minimum atomic E-state index is -4.55. The molecule has 3 aromatic carbocycles. The Hall–Kier alpha value is -5.06. The van der Waals surface area contributed by atoms with Crippen molar-refractivity contribution in [1.82, 2.24) is 15.3 Å². The SMILES string of the molecule is CCCCCCCOc1ccc(-c2cnc(-c3ccc(C[C@H](CC(=O)c4ccc(C(F)(F)F)cc4)C(=O)N[C@H](C)C(=O)O)cc3)nc2)cc1. The minimum absolute atomic E-state index is 0.0190. The van der Waals surface area contributed by atoms with Crippen LogP contribution in [0.3, 0.4) is 0 Å². The fraction of sp³-hybridized carbons (Fsp3) is 0.342. The van der Waals surface area contributed by atoms with Gasteiger partial charge in [0, 0.05) is 41.4 Å². The molecule has 0 spiro atoms. The van der Waals surface area contributed by atoms with Crippen LogP contribution in [-0.4, -0.2) is 45.4 Å². The van der Waals surface area contributed by atoms with E-state index in [4.69, 9.17) is 4.74 Å². The molecule has 2 atom stereocenters. The van der Waals surface area contributed by atoms with Crippen LogP contribution in [-0.2, 0) is 22.2 Å². The van der Waals surface area contributed by atoms with Crippen LogP contribution in [0.2, 0.25) is 0 Å². The Bertz CT molecular complexity index is 1670. The van der Waals surface area contributed by atoms with E-state index in [1.165, 1.54) is 32.6 Å². The number of benzene rings is 3. The summed E-state index contributed by atoms with van der Waals surface area (Å²) >= 11 is 0. The van der Waals surface area contributed by atoms with Gasteiger partial charge in [0.25, 0.3) is 0 Å². The number of hydrogen-bond acceptors (Lipinski definition) is 6. The zero-order valence-corrected chi connectivity index (χ0v) is 27.5. The van der Waals surface area contributed by atoms with E-state index in [0.717, 1.165) is 53.1 Å². The summed E-state index contributed by atoms with van der Waals surface area (Å²) in [5.74, 6) is -2.11. The molecular formula is C38H40F3N3O5. The molecule has 1 heterocycles. The van der Waals surface area contributed by atoms with E-state index in [1.54, 1.807) is 36.7 Å². The summed E-state index contributed by atoms with van der Waals surface area (Å²) in [6.07, 6.45) is 4.56. The van der Waals surface area contributed by atoms with Crippen molar-refractivity contribution < 1.29 is 37.4 Å². The highest BCUT2D eigenvalue weighted by atomic mass is 19.4. The third-order valence-electron chi connectivity index (χ3n) is 8.12. The van der Waals surface area contributed by atoms with E-state index in [9.17, 15) is 32.7 Å². The zero-order valence-electron chi connectivity index (χ0n) is 27.5. The molecule has 0 aliphatic carbocycles. The number of amides is 1. The molecule has 4 aromatic rings. The molecule has 1 aromatic heterocycles. The third-order valence-corrected chi connectivity index (χ3v) is 8.12. The van der Waals surface area contributed by atoms with Gasteiger partial charge in [-0.15, -0.1) is 0 Å². The molecule has 0 saturated heterocycles. The molecular weight excluding hydrogens is 635 g/mol. The van der Waals surface area contributed by atoms with E-state index in [-0.39, 0.29) is 18.4 Å². The number of hydrogen-bond donors (Lipinski definition) is 2. The number of ketones is 1. The fourth-order valence-electron chi connectivity index (χ4n) is 5.18. The van der Waals surface area contributed by atoms with Gasteiger partial charge in [0.15, 0.2) is 11.6 Å². The number of aliphatic carboxylic acids is 1. The second-order valence-electron chi connectivity index (χ2n) is 12.0. The molecule has 1 amide bonds. The van der Waals surface area contributed by atoms with E-state index in [1.807, 2.05) is 24.3 Å². The molecule has 0 aliphatic rings. The van der Waals surface area contributed by atoms with Gasteiger partial charge in [0.2, 0.25) is 5.91 Å². The summed E-state index contributed by atoms with van der Waals surface area (Å²) in [4.78, 5) is 46.4. The first kappa shape index (κ1) is 36.8. The van der Waals surface area contributed by atoms with Crippen LogP contribution in [0.5, 0.6) is 5.75 Å². The van der Waals surface area contributed by atoms with Gasteiger partial charge in [-0.3, -0.25) is 14.4 Å². The number of Topliss-reactive ketones (excluding diaryl/α,β-unsaturated/α-hetero) is 1. The van der Waals surface area contributed by atoms with Crippen LogP contribution in [0.15, 0.2) is 85.2 Å². The average Bonchev–Trinajstić information content (AvgIpc) is 3.09. The van der Waals surface area contributed by atoms with Gasteiger partial charge in [0.1, 0.15) is 11.8 Å². The number of carbonyl (C=O) groups excluding carboxylic acids is 2. The molecule has 8 nitrogen and oxygen atoms in total. The Balaban J connectivity index is 1.40. The second kappa shape index (κ2) is 17.4. The van der Waals surface area contributed by atoms with E-state index >= 15 is 0 Å². The summed E-state index contributed by atoms with van der Waals surface area (Å²) in [5.41, 5.74) is 2.32. The number of unbranched alkanes of at least 4 members (excludes halogenated alkanes) is 4. The van der Waals surface area contributed by atoms with E-state index in [2.05, 4.69) is 22.2 Å². The molecule has 0 aliphatic heterocycles. The lowest BCUT2D eigenvalue weighted by Gasteiger charge is -2.19. The number of carboxylic acids is 1. The fourth-order valence-corrected chi connectivity index (χ4v) is 5.18. The lowest BCUT2D eigenvalue weighted by atomic mass is 9.90. The van der Waals surface area contributed by atoms with Crippen molar-refractivity contribution >= 4 is 17.7 Å². The molecule has 0 unspecified atom stereocenters. The van der Waals surface area contributed by atoms with E-state index in [0.29, 0.717) is 18.0 Å². The second-order valence-corrected chi connectivity index (χ2v) is 12.0. The Kier molecular flexibility index (Phi) is 13.0. The molecule has 0 fully saturated rings. The third kappa shape index (κ3) is 11.0. The van der Waals surface area contributed by atoms with Crippen LogP contribution in [0, 0.1) is 5.92 Å². The maximum Gasteiger partial charge on any atom is 0.416 e. The molecule has 258 valence electrons.